The number of likely N-dealkylation sites (N-methyl/N-ethyl adjacent to an activating group) is 1. The summed E-state index contributed by atoms with van der Waals surface area (Å²) in [5, 5.41) is 10.6. The van der Waals surface area contributed by atoms with Crippen LogP contribution in [0.2, 0.25) is 0 Å². The first-order valence-electron chi connectivity index (χ1n) is 8.60. The summed E-state index contributed by atoms with van der Waals surface area (Å²) in [5.74, 6) is -1.69. The first kappa shape index (κ1) is 21.0. The first-order valence-corrected chi connectivity index (χ1v) is 8.60. The van der Waals surface area contributed by atoms with Crippen LogP contribution in [0, 0.1) is 0 Å². The lowest BCUT2D eigenvalue weighted by molar-refractivity contribution is -0.152. The van der Waals surface area contributed by atoms with E-state index >= 15 is 0 Å². The van der Waals surface area contributed by atoms with E-state index in [-0.39, 0.29) is 12.5 Å². The number of benzene rings is 1. The predicted octanol–water partition coefficient (Wildman–Crippen LogP) is -0.292. The second-order valence-corrected chi connectivity index (χ2v) is 7.28. The normalized spacial score (nSPS) is 11.1. The minimum Gasteiger partial charge on any atom is -0.454 e. The van der Waals surface area contributed by atoms with Crippen LogP contribution in [-0.2, 0) is 25.7 Å². The average Bonchev–Trinajstić information content (AvgIpc) is 2.60. The molecule has 1 heterocycles. The van der Waals surface area contributed by atoms with E-state index in [1.54, 1.807) is 24.3 Å². The molecule has 0 aliphatic heterocycles. The molecule has 0 spiro atoms. The summed E-state index contributed by atoms with van der Waals surface area (Å²) in [6, 6.07) is 6.61. The molecule has 2 rings (SSSR count). The number of ether oxygens (including phenoxy) is 1. The van der Waals surface area contributed by atoms with Crippen molar-refractivity contribution in [1.29, 1.82) is 0 Å². The van der Waals surface area contributed by atoms with Crippen molar-refractivity contribution >= 4 is 28.7 Å². The van der Waals surface area contributed by atoms with E-state index in [4.69, 9.17) is 4.74 Å². The van der Waals surface area contributed by atoms with Gasteiger partial charge in [0.15, 0.2) is 6.61 Å². The molecule has 0 atom stereocenters. The van der Waals surface area contributed by atoms with Gasteiger partial charge in [0.05, 0.1) is 11.9 Å². The zero-order valence-corrected chi connectivity index (χ0v) is 16.3. The fourth-order valence-electron chi connectivity index (χ4n) is 2.31. The minimum absolute atomic E-state index is 0.163. The number of esters is 1. The Hall–Kier alpha value is -3.30. The van der Waals surface area contributed by atoms with E-state index in [0.717, 1.165) is 9.58 Å². The summed E-state index contributed by atoms with van der Waals surface area (Å²) < 4.78 is 5.76. The molecule has 0 saturated carbocycles. The van der Waals surface area contributed by atoms with Gasteiger partial charge in [-0.25, -0.2) is 0 Å². The standard InChI is InChI=1S/C18H23N5O5/c1-18(2,3)19-14(24)9-22(4)15(25)11-28-16(26)10-23-17(27)12-7-5-6-8-13(12)20-21-23/h5-8H,9-11H2,1-4H3,(H,19,24). The minimum atomic E-state index is -0.812. The van der Waals surface area contributed by atoms with Crippen molar-refractivity contribution in [2.45, 2.75) is 32.9 Å². The lowest BCUT2D eigenvalue weighted by atomic mass is 10.1. The second-order valence-electron chi connectivity index (χ2n) is 7.28. The fourth-order valence-corrected chi connectivity index (χ4v) is 2.31. The molecule has 1 N–H and O–H groups in total. The maximum atomic E-state index is 12.3. The molecular formula is C18H23N5O5. The molecule has 0 aliphatic rings. The molecule has 2 amide bonds. The van der Waals surface area contributed by atoms with Gasteiger partial charge in [-0.3, -0.25) is 19.2 Å². The number of fused-ring (bicyclic) bond motifs is 1. The highest BCUT2D eigenvalue weighted by molar-refractivity contribution is 5.86. The number of carbonyl (C=O) groups excluding carboxylic acids is 3. The van der Waals surface area contributed by atoms with Crippen LogP contribution in [0.3, 0.4) is 0 Å². The summed E-state index contributed by atoms with van der Waals surface area (Å²) >= 11 is 0. The number of amides is 2. The third-order valence-electron chi connectivity index (χ3n) is 3.59. The highest BCUT2D eigenvalue weighted by Gasteiger charge is 2.19. The van der Waals surface area contributed by atoms with Crippen LogP contribution in [-0.4, -0.2) is 63.4 Å². The van der Waals surface area contributed by atoms with E-state index in [0.29, 0.717) is 10.9 Å². The average molecular weight is 389 g/mol. The molecule has 150 valence electrons. The van der Waals surface area contributed by atoms with Crippen molar-refractivity contribution < 1.29 is 19.1 Å². The lowest BCUT2D eigenvalue weighted by Crippen LogP contribution is -2.47. The van der Waals surface area contributed by atoms with Gasteiger partial charge < -0.3 is 15.0 Å². The van der Waals surface area contributed by atoms with Crippen LogP contribution < -0.4 is 10.9 Å². The van der Waals surface area contributed by atoms with Crippen molar-refractivity contribution in [2.24, 2.45) is 0 Å². The molecule has 10 nitrogen and oxygen atoms in total. The molecule has 10 heteroatoms. The number of aromatic nitrogens is 3. The van der Waals surface area contributed by atoms with Crippen molar-refractivity contribution in [2.75, 3.05) is 20.2 Å². The van der Waals surface area contributed by atoms with Crippen LogP contribution in [0.1, 0.15) is 20.8 Å². The Labute approximate surface area is 161 Å². The zero-order chi connectivity index (χ0) is 20.9. The summed E-state index contributed by atoms with van der Waals surface area (Å²) in [4.78, 5) is 49.2. The quantitative estimate of drug-likeness (QED) is 0.673. The van der Waals surface area contributed by atoms with Gasteiger partial charge in [0.2, 0.25) is 5.91 Å². The van der Waals surface area contributed by atoms with Crippen molar-refractivity contribution in [3.8, 4) is 0 Å². The van der Waals surface area contributed by atoms with Gasteiger partial charge in [0.1, 0.15) is 12.1 Å². The first-order chi connectivity index (χ1) is 13.1. The van der Waals surface area contributed by atoms with Crippen LogP contribution in [0.25, 0.3) is 10.9 Å². The molecule has 1 aromatic heterocycles. The second kappa shape index (κ2) is 8.59. The Morgan fingerprint density at radius 3 is 2.57 bits per heavy atom. The van der Waals surface area contributed by atoms with E-state index in [1.807, 2.05) is 20.8 Å². The van der Waals surface area contributed by atoms with Crippen LogP contribution in [0.5, 0.6) is 0 Å². The molecule has 2 aromatic rings. The number of rotatable bonds is 6. The van der Waals surface area contributed by atoms with E-state index < -0.39 is 36.1 Å². The highest BCUT2D eigenvalue weighted by Crippen LogP contribution is 2.03. The van der Waals surface area contributed by atoms with E-state index in [2.05, 4.69) is 15.6 Å². The number of nitrogens with zero attached hydrogens (tertiary/aromatic N) is 4. The van der Waals surface area contributed by atoms with E-state index in [9.17, 15) is 19.2 Å². The Morgan fingerprint density at radius 2 is 1.89 bits per heavy atom. The fraction of sp³-hybridized carbons (Fsp3) is 0.444. The van der Waals surface area contributed by atoms with Crippen molar-refractivity contribution in [3.63, 3.8) is 0 Å². The number of nitrogens with one attached hydrogen (secondary N) is 1. The third-order valence-corrected chi connectivity index (χ3v) is 3.59. The molecule has 0 fully saturated rings. The molecular weight excluding hydrogens is 366 g/mol. The highest BCUT2D eigenvalue weighted by atomic mass is 16.5. The zero-order valence-electron chi connectivity index (χ0n) is 16.3. The number of carbonyl (C=O) groups is 3. The van der Waals surface area contributed by atoms with Gasteiger partial charge in [-0.1, -0.05) is 17.3 Å². The van der Waals surface area contributed by atoms with Crippen LogP contribution in [0.15, 0.2) is 29.1 Å². The van der Waals surface area contributed by atoms with Crippen LogP contribution in [0.4, 0.5) is 0 Å². The predicted molar refractivity (Wildman–Crippen MR) is 100 cm³/mol. The smallest absolute Gasteiger partial charge is 0.328 e. The summed E-state index contributed by atoms with van der Waals surface area (Å²) in [6.07, 6.45) is 0. The summed E-state index contributed by atoms with van der Waals surface area (Å²) in [6.45, 7) is 4.29. The van der Waals surface area contributed by atoms with Gasteiger partial charge in [0.25, 0.3) is 11.5 Å². The third kappa shape index (κ3) is 5.86. The lowest BCUT2D eigenvalue weighted by Gasteiger charge is -2.23. The SMILES string of the molecule is CN(CC(=O)NC(C)(C)C)C(=O)COC(=O)Cn1nnc2ccccc2c1=O. The summed E-state index contributed by atoms with van der Waals surface area (Å²) in [7, 11) is 1.43. The Balaban J connectivity index is 1.88. The van der Waals surface area contributed by atoms with Crippen molar-refractivity contribution in [3.05, 3.63) is 34.6 Å². The molecule has 1 aromatic carbocycles. The Kier molecular flexibility index (Phi) is 6.45. The van der Waals surface area contributed by atoms with Gasteiger partial charge >= 0.3 is 5.97 Å². The largest absolute Gasteiger partial charge is 0.454 e. The molecule has 0 bridgehead atoms. The Bertz CT molecular complexity index is 947. The topological polar surface area (TPSA) is 123 Å². The molecule has 0 saturated heterocycles. The molecule has 0 radical (unpaired) electrons. The molecule has 0 unspecified atom stereocenters. The van der Waals surface area contributed by atoms with Gasteiger partial charge in [-0.15, -0.1) is 5.10 Å². The van der Waals surface area contributed by atoms with E-state index in [1.165, 1.54) is 7.05 Å². The summed E-state index contributed by atoms with van der Waals surface area (Å²) in [5.41, 5.74) is -0.478. The van der Waals surface area contributed by atoms with Gasteiger partial charge in [0, 0.05) is 12.6 Å². The van der Waals surface area contributed by atoms with Crippen LogP contribution >= 0.6 is 0 Å². The van der Waals surface area contributed by atoms with Crippen molar-refractivity contribution in [1.82, 2.24) is 25.2 Å². The maximum absolute atomic E-state index is 12.3. The maximum Gasteiger partial charge on any atom is 0.328 e. The molecule has 0 aliphatic carbocycles. The number of hydrogen-bond donors (Lipinski definition) is 1. The van der Waals surface area contributed by atoms with Gasteiger partial charge in [-0.2, -0.15) is 4.68 Å². The monoisotopic (exact) mass is 389 g/mol. The number of hydrogen-bond acceptors (Lipinski definition) is 7. The van der Waals surface area contributed by atoms with Gasteiger partial charge in [-0.05, 0) is 32.9 Å². The molecule has 28 heavy (non-hydrogen) atoms. The Morgan fingerprint density at radius 1 is 1.21 bits per heavy atom.